The summed E-state index contributed by atoms with van der Waals surface area (Å²) in [5.41, 5.74) is 5.73. The van der Waals surface area contributed by atoms with E-state index in [2.05, 4.69) is 34.8 Å². The molecule has 0 atom stereocenters. The van der Waals surface area contributed by atoms with Crippen molar-refractivity contribution in [1.82, 2.24) is 5.43 Å². The molecular formula is C19H22N2O2. The van der Waals surface area contributed by atoms with Crippen LogP contribution in [0.4, 0.5) is 0 Å². The highest BCUT2D eigenvalue weighted by Crippen LogP contribution is 2.32. The minimum Gasteiger partial charge on any atom is -0.459 e. The predicted octanol–water partition coefficient (Wildman–Crippen LogP) is 4.48. The number of nitrogens with one attached hydrogen (secondary N) is 1. The minimum atomic E-state index is -0.340. The Labute approximate surface area is 136 Å². The van der Waals surface area contributed by atoms with Gasteiger partial charge in [0, 0.05) is 0 Å². The van der Waals surface area contributed by atoms with E-state index < -0.39 is 0 Å². The summed E-state index contributed by atoms with van der Waals surface area (Å²) in [5.74, 6) is 0.621. The molecule has 23 heavy (non-hydrogen) atoms. The van der Waals surface area contributed by atoms with Crippen molar-refractivity contribution >= 4 is 11.6 Å². The van der Waals surface area contributed by atoms with Crippen LogP contribution in [-0.4, -0.2) is 11.6 Å². The summed E-state index contributed by atoms with van der Waals surface area (Å²) in [7, 11) is 0. The zero-order valence-corrected chi connectivity index (χ0v) is 13.4. The lowest BCUT2D eigenvalue weighted by molar-refractivity contribution is 0.0927. The van der Waals surface area contributed by atoms with E-state index in [0.29, 0.717) is 5.92 Å². The predicted molar refractivity (Wildman–Crippen MR) is 90.7 cm³/mol. The Hall–Kier alpha value is -2.36. The van der Waals surface area contributed by atoms with Gasteiger partial charge in [-0.3, -0.25) is 4.79 Å². The molecule has 1 aromatic carbocycles. The van der Waals surface area contributed by atoms with Gasteiger partial charge in [0.05, 0.1) is 12.0 Å². The van der Waals surface area contributed by atoms with E-state index in [1.165, 1.54) is 43.9 Å². The lowest BCUT2D eigenvalue weighted by atomic mass is 9.84. The second kappa shape index (κ2) is 7.27. The van der Waals surface area contributed by atoms with Gasteiger partial charge in [0.25, 0.3) is 0 Å². The maximum Gasteiger partial charge on any atom is 0.307 e. The molecule has 3 rings (SSSR count). The fourth-order valence-corrected chi connectivity index (χ4v) is 3.09. The summed E-state index contributed by atoms with van der Waals surface area (Å²) >= 11 is 0. The number of benzene rings is 1. The van der Waals surface area contributed by atoms with Crippen LogP contribution in [-0.2, 0) is 0 Å². The van der Waals surface area contributed by atoms with Gasteiger partial charge in [-0.1, -0.05) is 43.5 Å². The van der Waals surface area contributed by atoms with E-state index in [0.717, 1.165) is 11.3 Å². The van der Waals surface area contributed by atoms with Crippen molar-refractivity contribution in [3.8, 4) is 0 Å². The van der Waals surface area contributed by atoms with E-state index in [1.54, 1.807) is 12.1 Å². The van der Waals surface area contributed by atoms with Gasteiger partial charge in [-0.2, -0.15) is 5.10 Å². The van der Waals surface area contributed by atoms with Crippen LogP contribution in [0.3, 0.4) is 0 Å². The molecule has 120 valence electrons. The SMILES string of the molecule is C/C(=N\NC(=O)c1ccco1)c1ccc(C2CCCCC2)cc1. The Morgan fingerprint density at radius 1 is 1.13 bits per heavy atom. The van der Waals surface area contributed by atoms with Crippen molar-refractivity contribution in [1.29, 1.82) is 0 Å². The van der Waals surface area contributed by atoms with E-state index >= 15 is 0 Å². The molecule has 2 aromatic rings. The highest BCUT2D eigenvalue weighted by molar-refractivity contribution is 6.00. The molecule has 1 aromatic heterocycles. The molecule has 0 saturated heterocycles. The van der Waals surface area contributed by atoms with Gasteiger partial charge in [-0.05, 0) is 48.9 Å². The number of hydrogen-bond donors (Lipinski definition) is 1. The topological polar surface area (TPSA) is 54.6 Å². The van der Waals surface area contributed by atoms with Gasteiger partial charge >= 0.3 is 5.91 Å². The molecule has 4 heteroatoms. The summed E-state index contributed by atoms with van der Waals surface area (Å²) in [6.45, 7) is 1.89. The quantitative estimate of drug-likeness (QED) is 0.668. The third-order valence-electron chi connectivity index (χ3n) is 4.48. The average molecular weight is 310 g/mol. The fourth-order valence-electron chi connectivity index (χ4n) is 3.09. The zero-order valence-electron chi connectivity index (χ0n) is 13.4. The summed E-state index contributed by atoms with van der Waals surface area (Å²) in [5, 5.41) is 4.15. The number of carbonyl (C=O) groups excluding carboxylic acids is 1. The standard InChI is InChI=1S/C19H22N2O2/c1-14(20-21-19(22)18-8-5-13-23-18)15-9-11-17(12-10-15)16-6-3-2-4-7-16/h5,8-13,16H,2-4,6-7H2,1H3,(H,21,22)/b20-14+. The molecule has 4 nitrogen and oxygen atoms in total. The molecular weight excluding hydrogens is 288 g/mol. The fraction of sp³-hybridized carbons (Fsp3) is 0.368. The molecule has 0 aliphatic heterocycles. The maximum atomic E-state index is 11.8. The third kappa shape index (κ3) is 3.89. The van der Waals surface area contributed by atoms with Gasteiger partial charge in [-0.25, -0.2) is 5.43 Å². The Morgan fingerprint density at radius 3 is 2.52 bits per heavy atom. The first-order valence-electron chi connectivity index (χ1n) is 8.22. The Kier molecular flexibility index (Phi) is 4.91. The number of rotatable bonds is 4. The number of hydrogen-bond acceptors (Lipinski definition) is 3. The number of carbonyl (C=O) groups is 1. The number of amides is 1. The van der Waals surface area contributed by atoms with E-state index in [9.17, 15) is 4.79 Å². The first-order chi connectivity index (χ1) is 11.2. The summed E-state index contributed by atoms with van der Waals surface area (Å²) in [4.78, 5) is 11.8. The molecule has 1 N–H and O–H groups in total. The summed E-state index contributed by atoms with van der Waals surface area (Å²) in [6.07, 6.45) is 8.11. The lowest BCUT2D eigenvalue weighted by Crippen LogP contribution is -2.18. The van der Waals surface area contributed by atoms with Crippen LogP contribution >= 0.6 is 0 Å². The number of furan rings is 1. The van der Waals surface area contributed by atoms with E-state index in [4.69, 9.17) is 4.42 Å². The lowest BCUT2D eigenvalue weighted by Gasteiger charge is -2.22. The van der Waals surface area contributed by atoms with Crippen LogP contribution in [0.5, 0.6) is 0 Å². The van der Waals surface area contributed by atoms with E-state index in [1.807, 2.05) is 6.92 Å². The van der Waals surface area contributed by atoms with Crippen LogP contribution in [0.2, 0.25) is 0 Å². The Morgan fingerprint density at radius 2 is 1.87 bits per heavy atom. The molecule has 1 aliphatic rings. The van der Waals surface area contributed by atoms with Gasteiger partial charge in [0.2, 0.25) is 0 Å². The van der Waals surface area contributed by atoms with Gasteiger partial charge in [0.15, 0.2) is 5.76 Å². The molecule has 0 bridgehead atoms. The molecule has 0 radical (unpaired) electrons. The zero-order chi connectivity index (χ0) is 16.1. The third-order valence-corrected chi connectivity index (χ3v) is 4.48. The highest BCUT2D eigenvalue weighted by Gasteiger charge is 2.15. The molecule has 1 saturated carbocycles. The summed E-state index contributed by atoms with van der Waals surface area (Å²) < 4.78 is 5.03. The van der Waals surface area contributed by atoms with Crippen LogP contribution < -0.4 is 5.43 Å². The Balaban J connectivity index is 1.63. The monoisotopic (exact) mass is 310 g/mol. The van der Waals surface area contributed by atoms with Gasteiger partial charge in [-0.15, -0.1) is 0 Å². The van der Waals surface area contributed by atoms with Crippen LogP contribution in [0.1, 0.15) is 66.6 Å². The molecule has 1 fully saturated rings. The molecule has 1 amide bonds. The Bertz CT molecular complexity index is 666. The van der Waals surface area contributed by atoms with Crippen LogP contribution in [0.25, 0.3) is 0 Å². The molecule has 0 unspecified atom stereocenters. The molecule has 1 aliphatic carbocycles. The molecule has 0 spiro atoms. The van der Waals surface area contributed by atoms with Crippen molar-refractivity contribution in [2.45, 2.75) is 44.9 Å². The second-order valence-corrected chi connectivity index (χ2v) is 6.07. The largest absolute Gasteiger partial charge is 0.459 e. The van der Waals surface area contributed by atoms with E-state index in [-0.39, 0.29) is 11.7 Å². The number of nitrogens with zero attached hydrogens (tertiary/aromatic N) is 1. The van der Waals surface area contributed by atoms with Gasteiger partial charge in [0.1, 0.15) is 0 Å². The first-order valence-corrected chi connectivity index (χ1v) is 8.22. The summed E-state index contributed by atoms with van der Waals surface area (Å²) in [6, 6.07) is 11.8. The van der Waals surface area contributed by atoms with Crippen molar-refractivity contribution in [3.63, 3.8) is 0 Å². The van der Waals surface area contributed by atoms with Crippen molar-refractivity contribution < 1.29 is 9.21 Å². The van der Waals surface area contributed by atoms with Crippen molar-refractivity contribution in [2.24, 2.45) is 5.10 Å². The first kappa shape index (κ1) is 15.5. The van der Waals surface area contributed by atoms with Crippen molar-refractivity contribution in [2.75, 3.05) is 0 Å². The smallest absolute Gasteiger partial charge is 0.307 e. The number of hydrazone groups is 1. The average Bonchev–Trinajstić information content (AvgIpc) is 3.15. The van der Waals surface area contributed by atoms with Crippen LogP contribution in [0, 0.1) is 0 Å². The normalized spacial score (nSPS) is 16.3. The van der Waals surface area contributed by atoms with Gasteiger partial charge < -0.3 is 4.42 Å². The second-order valence-electron chi connectivity index (χ2n) is 6.07. The molecule has 1 heterocycles. The van der Waals surface area contributed by atoms with Crippen LogP contribution in [0.15, 0.2) is 52.2 Å². The minimum absolute atomic E-state index is 0.259. The maximum absolute atomic E-state index is 11.8. The highest BCUT2D eigenvalue weighted by atomic mass is 16.3. The van der Waals surface area contributed by atoms with Crippen molar-refractivity contribution in [3.05, 3.63) is 59.5 Å².